The van der Waals surface area contributed by atoms with Crippen LogP contribution in [0.15, 0.2) is 37.8 Å². The molecule has 0 saturated carbocycles. The molecule has 0 aliphatic heterocycles. The van der Waals surface area contributed by atoms with E-state index in [1.807, 2.05) is 0 Å². The fraction of sp³-hybridized carbons (Fsp3) is 0. The molecule has 0 fully saturated rings. The van der Waals surface area contributed by atoms with E-state index >= 15 is 0 Å². The van der Waals surface area contributed by atoms with Crippen LogP contribution in [-0.2, 0) is 0 Å². The van der Waals surface area contributed by atoms with Crippen molar-refractivity contribution in [3.8, 4) is 11.7 Å². The van der Waals surface area contributed by atoms with Gasteiger partial charge in [-0.15, -0.1) is 0 Å². The Morgan fingerprint density at radius 1 is 1.24 bits per heavy atom. The van der Waals surface area contributed by atoms with E-state index in [0.29, 0.717) is 38.1 Å². The van der Waals surface area contributed by atoms with E-state index in [9.17, 15) is 0 Å². The molecule has 3 rings (SSSR count). The Bertz CT molecular complexity index is 666. The summed E-state index contributed by atoms with van der Waals surface area (Å²) >= 11 is 9.13. The van der Waals surface area contributed by atoms with E-state index < -0.39 is 0 Å². The predicted molar refractivity (Wildman–Crippen MR) is 68.8 cm³/mol. The van der Waals surface area contributed by atoms with Crippen LogP contribution in [0.3, 0.4) is 0 Å². The van der Waals surface area contributed by atoms with Crippen LogP contribution in [0.4, 0.5) is 5.69 Å². The zero-order valence-electron chi connectivity index (χ0n) is 8.41. The molecule has 6 heteroatoms. The summed E-state index contributed by atoms with van der Waals surface area (Å²) < 4.78 is 11.5. The molecule has 0 amide bonds. The Morgan fingerprint density at radius 3 is 2.76 bits per heavy atom. The highest BCUT2D eigenvalue weighted by atomic mass is 79.9. The molecule has 2 aromatic heterocycles. The maximum absolute atomic E-state index is 5.91. The zero-order chi connectivity index (χ0) is 12.0. The number of furan rings is 1. The normalized spacial score (nSPS) is 11.2. The van der Waals surface area contributed by atoms with Crippen molar-refractivity contribution in [2.45, 2.75) is 0 Å². The summed E-state index contributed by atoms with van der Waals surface area (Å²) in [7, 11) is 0. The lowest BCUT2D eigenvalue weighted by molar-refractivity contribution is 0.518. The summed E-state index contributed by atoms with van der Waals surface area (Å²) in [5.74, 6) is 0.940. The van der Waals surface area contributed by atoms with Gasteiger partial charge in [-0.2, -0.15) is 0 Å². The molecule has 0 saturated heterocycles. The molecule has 0 bridgehead atoms. The molecule has 17 heavy (non-hydrogen) atoms. The number of nitrogen functional groups attached to an aromatic ring is 1. The van der Waals surface area contributed by atoms with Crippen LogP contribution in [-0.4, -0.2) is 4.98 Å². The lowest BCUT2D eigenvalue weighted by Crippen LogP contribution is -1.84. The third-order valence-corrected chi connectivity index (χ3v) is 3.04. The van der Waals surface area contributed by atoms with Gasteiger partial charge in [-0.25, -0.2) is 4.98 Å². The van der Waals surface area contributed by atoms with E-state index in [4.69, 9.17) is 26.2 Å². The van der Waals surface area contributed by atoms with Gasteiger partial charge >= 0.3 is 0 Å². The van der Waals surface area contributed by atoms with Gasteiger partial charge in [-0.3, -0.25) is 0 Å². The van der Waals surface area contributed by atoms with E-state index in [0.717, 1.165) is 0 Å². The molecule has 1 aromatic carbocycles. The molecular formula is C11H6BrClN2O2. The van der Waals surface area contributed by atoms with Crippen LogP contribution in [0.1, 0.15) is 0 Å². The number of halogens is 2. The summed E-state index contributed by atoms with van der Waals surface area (Å²) in [6.45, 7) is 0. The van der Waals surface area contributed by atoms with E-state index in [-0.39, 0.29) is 0 Å². The van der Waals surface area contributed by atoms with Gasteiger partial charge in [0.15, 0.2) is 16.0 Å². The Labute approximate surface area is 109 Å². The second-order valence-electron chi connectivity index (χ2n) is 3.46. The summed E-state index contributed by atoms with van der Waals surface area (Å²) in [5.41, 5.74) is 7.37. The number of hydrogen-bond acceptors (Lipinski definition) is 4. The van der Waals surface area contributed by atoms with Crippen LogP contribution >= 0.6 is 27.5 Å². The molecule has 0 aliphatic carbocycles. The van der Waals surface area contributed by atoms with Gasteiger partial charge < -0.3 is 14.6 Å². The second kappa shape index (κ2) is 3.78. The van der Waals surface area contributed by atoms with Crippen LogP contribution in [0.2, 0.25) is 5.02 Å². The van der Waals surface area contributed by atoms with Crippen LogP contribution in [0.25, 0.3) is 22.8 Å². The zero-order valence-corrected chi connectivity index (χ0v) is 10.7. The van der Waals surface area contributed by atoms with Crippen LogP contribution < -0.4 is 5.73 Å². The Balaban J connectivity index is 2.19. The van der Waals surface area contributed by atoms with Crippen LogP contribution in [0.5, 0.6) is 0 Å². The van der Waals surface area contributed by atoms with Gasteiger partial charge in [0, 0.05) is 6.07 Å². The molecule has 86 valence electrons. The summed E-state index contributed by atoms with van der Waals surface area (Å²) in [4.78, 5) is 4.28. The minimum Gasteiger partial charge on any atom is -0.444 e. The monoisotopic (exact) mass is 312 g/mol. The Morgan fingerprint density at radius 2 is 2.06 bits per heavy atom. The van der Waals surface area contributed by atoms with Crippen molar-refractivity contribution >= 4 is 44.3 Å². The quantitative estimate of drug-likeness (QED) is 0.687. The van der Waals surface area contributed by atoms with Crippen molar-refractivity contribution in [3.05, 3.63) is 34.0 Å². The number of fused-ring (bicyclic) bond motifs is 1. The molecule has 0 atom stereocenters. The second-order valence-corrected chi connectivity index (χ2v) is 4.65. The van der Waals surface area contributed by atoms with Gasteiger partial charge in [-0.05, 0) is 34.1 Å². The first-order valence-corrected chi connectivity index (χ1v) is 5.92. The topological polar surface area (TPSA) is 65.2 Å². The van der Waals surface area contributed by atoms with Gasteiger partial charge in [-0.1, -0.05) is 11.6 Å². The highest BCUT2D eigenvalue weighted by Crippen LogP contribution is 2.31. The Kier molecular flexibility index (Phi) is 2.38. The number of hydrogen-bond donors (Lipinski definition) is 1. The smallest absolute Gasteiger partial charge is 0.263 e. The number of benzene rings is 1. The van der Waals surface area contributed by atoms with Gasteiger partial charge in [0.25, 0.3) is 5.89 Å². The highest BCUT2D eigenvalue weighted by molar-refractivity contribution is 9.10. The number of anilines is 1. The molecular weight excluding hydrogens is 307 g/mol. The van der Waals surface area contributed by atoms with Crippen molar-refractivity contribution < 1.29 is 8.83 Å². The molecule has 0 unspecified atom stereocenters. The number of oxazole rings is 1. The average molecular weight is 314 g/mol. The van der Waals surface area contributed by atoms with Crippen LogP contribution in [0, 0.1) is 0 Å². The van der Waals surface area contributed by atoms with E-state index in [1.54, 1.807) is 24.3 Å². The molecule has 0 radical (unpaired) electrons. The van der Waals surface area contributed by atoms with E-state index in [1.165, 1.54) is 0 Å². The summed E-state index contributed by atoms with van der Waals surface area (Å²) in [6, 6.07) is 6.84. The largest absolute Gasteiger partial charge is 0.444 e. The minimum atomic E-state index is 0.396. The molecule has 0 spiro atoms. The Hall–Kier alpha value is -1.46. The van der Waals surface area contributed by atoms with Crippen molar-refractivity contribution in [3.63, 3.8) is 0 Å². The maximum atomic E-state index is 5.91. The van der Waals surface area contributed by atoms with Gasteiger partial charge in [0.2, 0.25) is 0 Å². The van der Waals surface area contributed by atoms with Gasteiger partial charge in [0.1, 0.15) is 5.52 Å². The summed E-state index contributed by atoms with van der Waals surface area (Å²) in [5, 5.41) is 0.456. The third-order valence-electron chi connectivity index (χ3n) is 2.29. The fourth-order valence-electron chi connectivity index (χ4n) is 1.50. The van der Waals surface area contributed by atoms with Crippen molar-refractivity contribution in [2.75, 3.05) is 5.73 Å². The first-order chi connectivity index (χ1) is 8.13. The number of nitrogens with two attached hydrogens (primary N) is 1. The fourth-order valence-corrected chi connectivity index (χ4v) is 1.96. The van der Waals surface area contributed by atoms with Crippen molar-refractivity contribution in [2.24, 2.45) is 0 Å². The first-order valence-electron chi connectivity index (χ1n) is 4.75. The third kappa shape index (κ3) is 1.81. The highest BCUT2D eigenvalue weighted by Gasteiger charge is 2.13. The lowest BCUT2D eigenvalue weighted by atomic mass is 10.3. The first kappa shape index (κ1) is 10.7. The van der Waals surface area contributed by atoms with Crippen molar-refractivity contribution in [1.29, 1.82) is 0 Å². The van der Waals surface area contributed by atoms with Gasteiger partial charge in [0.05, 0.1) is 10.7 Å². The molecule has 2 N–H and O–H groups in total. The maximum Gasteiger partial charge on any atom is 0.263 e. The van der Waals surface area contributed by atoms with Crippen molar-refractivity contribution in [1.82, 2.24) is 4.98 Å². The summed E-state index contributed by atoms with van der Waals surface area (Å²) in [6.07, 6.45) is 0. The standard InChI is InChI=1S/C11H6BrClN2O2/c12-10-2-1-8(16-10)11-15-7-3-5(13)6(14)4-9(7)17-11/h1-4H,14H2. The number of nitrogens with zero attached hydrogens (tertiary/aromatic N) is 1. The minimum absolute atomic E-state index is 0.396. The number of rotatable bonds is 1. The molecule has 4 nitrogen and oxygen atoms in total. The van der Waals surface area contributed by atoms with E-state index in [2.05, 4.69) is 20.9 Å². The predicted octanol–water partition coefficient (Wildman–Crippen LogP) is 4.09. The molecule has 2 heterocycles. The molecule has 0 aliphatic rings. The SMILES string of the molecule is Nc1cc2oc(-c3ccc(Br)o3)nc2cc1Cl. The average Bonchev–Trinajstić information content (AvgIpc) is 2.85. The number of aromatic nitrogens is 1. The lowest BCUT2D eigenvalue weighted by Gasteiger charge is -1.94. The molecule has 3 aromatic rings.